The Morgan fingerprint density at radius 1 is 1.26 bits per heavy atom. The fraction of sp³-hybridized carbons (Fsp3) is 0.562. The Morgan fingerprint density at radius 3 is 2.42 bits per heavy atom. The molecule has 0 aliphatic heterocycles. The summed E-state index contributed by atoms with van der Waals surface area (Å²) in [5.74, 6) is 0.720. The molecule has 0 atom stereocenters. The van der Waals surface area contributed by atoms with E-state index < -0.39 is 0 Å². The van der Waals surface area contributed by atoms with Crippen LogP contribution >= 0.6 is 15.9 Å². The van der Waals surface area contributed by atoms with E-state index in [0.29, 0.717) is 5.92 Å². The van der Waals surface area contributed by atoms with Gasteiger partial charge in [-0.15, -0.1) is 0 Å². The first-order chi connectivity index (χ1) is 9.04. The second-order valence-electron chi connectivity index (χ2n) is 4.96. The summed E-state index contributed by atoms with van der Waals surface area (Å²) >= 11 is 3.53. The van der Waals surface area contributed by atoms with Crippen molar-refractivity contribution in [3.63, 3.8) is 0 Å². The lowest BCUT2D eigenvalue weighted by Crippen LogP contribution is -2.35. The molecule has 0 radical (unpaired) electrons. The van der Waals surface area contributed by atoms with Gasteiger partial charge in [0.2, 0.25) is 0 Å². The number of benzene rings is 1. The fourth-order valence-corrected chi connectivity index (χ4v) is 2.63. The van der Waals surface area contributed by atoms with Crippen molar-refractivity contribution in [2.45, 2.75) is 40.5 Å². The van der Waals surface area contributed by atoms with Gasteiger partial charge < -0.3 is 4.90 Å². The Balaban J connectivity index is 2.92. The summed E-state index contributed by atoms with van der Waals surface area (Å²) in [5, 5.41) is 0. The standard InChI is InChI=1S/C16H24BrNO/c1-5-13(6-2)11-18(7-3)16(19)14-10-8-9-12(4)15(14)17/h8-10,13H,5-7,11H2,1-4H3. The zero-order chi connectivity index (χ0) is 14.4. The zero-order valence-electron chi connectivity index (χ0n) is 12.4. The Hall–Kier alpha value is -0.830. The second kappa shape index (κ2) is 7.68. The highest BCUT2D eigenvalue weighted by molar-refractivity contribution is 9.10. The summed E-state index contributed by atoms with van der Waals surface area (Å²) in [6.45, 7) is 10.0. The SMILES string of the molecule is CCC(CC)CN(CC)C(=O)c1cccc(C)c1Br. The molecule has 0 bridgehead atoms. The van der Waals surface area contributed by atoms with Crippen LogP contribution in [0.2, 0.25) is 0 Å². The van der Waals surface area contributed by atoms with Crippen molar-refractivity contribution < 1.29 is 4.79 Å². The van der Waals surface area contributed by atoms with E-state index in [2.05, 4.69) is 29.8 Å². The van der Waals surface area contributed by atoms with Gasteiger partial charge in [0.25, 0.3) is 5.91 Å². The summed E-state index contributed by atoms with van der Waals surface area (Å²) in [6, 6.07) is 5.85. The van der Waals surface area contributed by atoms with Gasteiger partial charge in [-0.25, -0.2) is 0 Å². The molecule has 0 aliphatic rings. The van der Waals surface area contributed by atoms with E-state index in [1.165, 1.54) is 0 Å². The van der Waals surface area contributed by atoms with Crippen LogP contribution in [0.4, 0.5) is 0 Å². The number of carbonyl (C=O) groups is 1. The largest absolute Gasteiger partial charge is 0.339 e. The van der Waals surface area contributed by atoms with E-state index in [4.69, 9.17) is 0 Å². The smallest absolute Gasteiger partial charge is 0.255 e. The molecule has 0 heterocycles. The van der Waals surface area contributed by atoms with Crippen molar-refractivity contribution >= 4 is 21.8 Å². The number of aryl methyl sites for hydroxylation is 1. The number of rotatable bonds is 6. The molecule has 0 aliphatic carbocycles. The van der Waals surface area contributed by atoms with Crippen LogP contribution < -0.4 is 0 Å². The zero-order valence-corrected chi connectivity index (χ0v) is 14.0. The summed E-state index contributed by atoms with van der Waals surface area (Å²) in [4.78, 5) is 14.6. The quantitative estimate of drug-likeness (QED) is 0.745. The molecule has 106 valence electrons. The molecule has 3 heteroatoms. The molecule has 0 saturated carbocycles. The van der Waals surface area contributed by atoms with Crippen LogP contribution in [0.3, 0.4) is 0 Å². The van der Waals surface area contributed by atoms with Gasteiger partial charge in [0.15, 0.2) is 0 Å². The van der Waals surface area contributed by atoms with Crippen molar-refractivity contribution in [3.8, 4) is 0 Å². The van der Waals surface area contributed by atoms with Crippen LogP contribution in [0.5, 0.6) is 0 Å². The van der Waals surface area contributed by atoms with Crippen LogP contribution in [-0.4, -0.2) is 23.9 Å². The lowest BCUT2D eigenvalue weighted by molar-refractivity contribution is 0.0734. The molecule has 0 fully saturated rings. The third kappa shape index (κ3) is 4.07. The van der Waals surface area contributed by atoms with Crippen LogP contribution in [0.15, 0.2) is 22.7 Å². The Kier molecular flexibility index (Phi) is 6.56. The van der Waals surface area contributed by atoms with Crippen LogP contribution in [-0.2, 0) is 0 Å². The molecular formula is C16H24BrNO. The van der Waals surface area contributed by atoms with Gasteiger partial charge in [0.1, 0.15) is 0 Å². The molecular weight excluding hydrogens is 302 g/mol. The summed E-state index contributed by atoms with van der Waals surface area (Å²) < 4.78 is 0.919. The third-order valence-electron chi connectivity index (χ3n) is 3.72. The van der Waals surface area contributed by atoms with E-state index in [1.807, 2.05) is 36.9 Å². The fourth-order valence-electron chi connectivity index (χ4n) is 2.20. The normalized spacial score (nSPS) is 10.8. The second-order valence-corrected chi connectivity index (χ2v) is 5.76. The summed E-state index contributed by atoms with van der Waals surface area (Å²) in [6.07, 6.45) is 2.24. The lowest BCUT2D eigenvalue weighted by atomic mass is 10.0. The molecule has 1 amide bonds. The molecule has 0 saturated heterocycles. The van der Waals surface area contributed by atoms with E-state index in [0.717, 1.165) is 41.5 Å². The van der Waals surface area contributed by atoms with Crippen molar-refractivity contribution in [1.82, 2.24) is 4.90 Å². The van der Waals surface area contributed by atoms with E-state index in [9.17, 15) is 4.79 Å². The summed E-state index contributed by atoms with van der Waals surface area (Å²) in [5.41, 5.74) is 1.87. The number of amides is 1. The molecule has 1 aromatic carbocycles. The molecule has 19 heavy (non-hydrogen) atoms. The van der Waals surface area contributed by atoms with Gasteiger partial charge in [-0.1, -0.05) is 38.8 Å². The number of hydrogen-bond donors (Lipinski definition) is 0. The highest BCUT2D eigenvalue weighted by Gasteiger charge is 2.19. The first kappa shape index (κ1) is 16.2. The molecule has 0 unspecified atom stereocenters. The average molecular weight is 326 g/mol. The molecule has 1 rings (SSSR count). The van der Waals surface area contributed by atoms with E-state index >= 15 is 0 Å². The predicted molar refractivity (Wildman–Crippen MR) is 84.5 cm³/mol. The topological polar surface area (TPSA) is 20.3 Å². The maximum absolute atomic E-state index is 12.6. The molecule has 0 spiro atoms. The Labute approximate surface area is 125 Å². The van der Waals surface area contributed by atoms with Gasteiger partial charge in [0, 0.05) is 17.6 Å². The Morgan fingerprint density at radius 2 is 1.89 bits per heavy atom. The van der Waals surface area contributed by atoms with Gasteiger partial charge in [-0.2, -0.15) is 0 Å². The maximum atomic E-state index is 12.6. The predicted octanol–water partition coefficient (Wildman–Crippen LogP) is 4.66. The van der Waals surface area contributed by atoms with E-state index in [-0.39, 0.29) is 5.91 Å². The van der Waals surface area contributed by atoms with Crippen molar-refractivity contribution in [3.05, 3.63) is 33.8 Å². The minimum absolute atomic E-state index is 0.130. The van der Waals surface area contributed by atoms with Gasteiger partial charge in [-0.3, -0.25) is 4.79 Å². The van der Waals surface area contributed by atoms with Crippen LogP contribution in [0.1, 0.15) is 49.5 Å². The van der Waals surface area contributed by atoms with Gasteiger partial charge in [0.05, 0.1) is 5.56 Å². The van der Waals surface area contributed by atoms with Crippen molar-refractivity contribution in [2.75, 3.05) is 13.1 Å². The number of halogens is 1. The number of carbonyl (C=O) groups excluding carboxylic acids is 1. The average Bonchev–Trinajstić information content (AvgIpc) is 2.43. The molecule has 0 aromatic heterocycles. The number of nitrogens with zero attached hydrogens (tertiary/aromatic N) is 1. The highest BCUT2D eigenvalue weighted by Crippen LogP contribution is 2.23. The minimum Gasteiger partial charge on any atom is -0.339 e. The minimum atomic E-state index is 0.130. The maximum Gasteiger partial charge on any atom is 0.255 e. The number of hydrogen-bond acceptors (Lipinski definition) is 1. The summed E-state index contributed by atoms with van der Waals surface area (Å²) in [7, 11) is 0. The van der Waals surface area contributed by atoms with Crippen LogP contribution in [0, 0.1) is 12.8 Å². The van der Waals surface area contributed by atoms with E-state index in [1.54, 1.807) is 0 Å². The highest BCUT2D eigenvalue weighted by atomic mass is 79.9. The lowest BCUT2D eigenvalue weighted by Gasteiger charge is -2.26. The molecule has 0 N–H and O–H groups in total. The molecule has 1 aromatic rings. The van der Waals surface area contributed by atoms with Crippen molar-refractivity contribution in [1.29, 1.82) is 0 Å². The van der Waals surface area contributed by atoms with Gasteiger partial charge >= 0.3 is 0 Å². The third-order valence-corrected chi connectivity index (χ3v) is 4.78. The first-order valence-corrected chi connectivity index (χ1v) is 7.88. The first-order valence-electron chi connectivity index (χ1n) is 7.09. The van der Waals surface area contributed by atoms with Crippen LogP contribution in [0.25, 0.3) is 0 Å². The van der Waals surface area contributed by atoms with Gasteiger partial charge in [-0.05, 0) is 47.3 Å². The monoisotopic (exact) mass is 325 g/mol. The molecule has 2 nitrogen and oxygen atoms in total. The van der Waals surface area contributed by atoms with Crippen molar-refractivity contribution in [2.24, 2.45) is 5.92 Å². The Bertz CT molecular complexity index is 427.